The Labute approximate surface area is 133 Å². The van der Waals surface area contributed by atoms with E-state index in [0.717, 1.165) is 16.8 Å². The third-order valence-electron chi connectivity index (χ3n) is 4.26. The van der Waals surface area contributed by atoms with Crippen LogP contribution in [-0.4, -0.2) is 41.5 Å². The van der Waals surface area contributed by atoms with Gasteiger partial charge in [0.2, 0.25) is 0 Å². The topological polar surface area (TPSA) is 71.9 Å². The Hall–Kier alpha value is -2.60. The minimum Gasteiger partial charge on any atom is -0.489 e. The summed E-state index contributed by atoms with van der Waals surface area (Å²) in [5.74, 6) is 0.634. The van der Waals surface area contributed by atoms with E-state index < -0.39 is 12.2 Å². The number of hydrogen-bond acceptors (Lipinski definition) is 5. The molecule has 1 N–H and O–H groups in total. The number of carbonyl (C=O) groups is 1. The van der Waals surface area contributed by atoms with Crippen molar-refractivity contribution in [1.82, 2.24) is 4.98 Å². The number of benzene rings is 1. The molecule has 0 spiro atoms. The number of amides is 1. The molecule has 1 aromatic heterocycles. The number of rotatable bonds is 2. The van der Waals surface area contributed by atoms with Crippen molar-refractivity contribution < 1.29 is 19.4 Å². The SMILES string of the molecule is Cc1ccc(-c2ccc3c(c2)OCC2C(CO)OC(=O)N32)cn1. The molecule has 0 radical (unpaired) electrons. The normalized spacial score (nSPS) is 22.2. The van der Waals surface area contributed by atoms with Crippen LogP contribution in [0.4, 0.5) is 10.5 Å². The molecule has 1 aromatic carbocycles. The zero-order chi connectivity index (χ0) is 16.0. The third kappa shape index (κ3) is 2.22. The van der Waals surface area contributed by atoms with Crippen molar-refractivity contribution >= 4 is 11.8 Å². The van der Waals surface area contributed by atoms with Gasteiger partial charge >= 0.3 is 6.09 Å². The third-order valence-corrected chi connectivity index (χ3v) is 4.26. The lowest BCUT2D eigenvalue weighted by Crippen LogP contribution is -2.45. The zero-order valence-electron chi connectivity index (χ0n) is 12.6. The van der Waals surface area contributed by atoms with E-state index in [4.69, 9.17) is 9.47 Å². The molecule has 1 saturated heterocycles. The Morgan fingerprint density at radius 2 is 2.13 bits per heavy atom. The minimum atomic E-state index is -0.545. The van der Waals surface area contributed by atoms with Gasteiger partial charge in [0, 0.05) is 17.5 Å². The summed E-state index contributed by atoms with van der Waals surface area (Å²) in [6, 6.07) is 9.34. The van der Waals surface area contributed by atoms with E-state index >= 15 is 0 Å². The lowest BCUT2D eigenvalue weighted by Gasteiger charge is -2.31. The molecule has 1 amide bonds. The van der Waals surface area contributed by atoms with E-state index in [2.05, 4.69) is 4.98 Å². The highest BCUT2D eigenvalue weighted by Gasteiger charge is 2.46. The predicted molar refractivity (Wildman–Crippen MR) is 83.5 cm³/mol. The second kappa shape index (κ2) is 5.24. The van der Waals surface area contributed by atoms with E-state index in [-0.39, 0.29) is 12.6 Å². The number of aliphatic hydroxyl groups is 1. The van der Waals surface area contributed by atoms with Crippen LogP contribution >= 0.6 is 0 Å². The Balaban J connectivity index is 1.71. The first-order chi connectivity index (χ1) is 11.2. The first-order valence-electron chi connectivity index (χ1n) is 7.48. The average Bonchev–Trinajstić information content (AvgIpc) is 2.91. The fourth-order valence-electron chi connectivity index (χ4n) is 3.01. The highest BCUT2D eigenvalue weighted by atomic mass is 16.6. The van der Waals surface area contributed by atoms with Gasteiger partial charge in [-0.2, -0.15) is 0 Å². The maximum atomic E-state index is 12.1. The number of hydrogen-bond donors (Lipinski definition) is 1. The Morgan fingerprint density at radius 1 is 1.30 bits per heavy atom. The molecule has 2 unspecified atom stereocenters. The fraction of sp³-hybridized carbons (Fsp3) is 0.294. The van der Waals surface area contributed by atoms with E-state index in [0.29, 0.717) is 18.0 Å². The number of ether oxygens (including phenoxy) is 2. The molecule has 3 heterocycles. The van der Waals surface area contributed by atoms with Gasteiger partial charge in [-0.05, 0) is 30.7 Å². The van der Waals surface area contributed by atoms with Gasteiger partial charge in [0.1, 0.15) is 18.4 Å². The van der Waals surface area contributed by atoms with Crippen molar-refractivity contribution in [3.8, 4) is 16.9 Å². The van der Waals surface area contributed by atoms with E-state index in [1.165, 1.54) is 0 Å². The highest BCUT2D eigenvalue weighted by Crippen LogP contribution is 2.40. The van der Waals surface area contributed by atoms with Crippen molar-refractivity contribution in [1.29, 1.82) is 0 Å². The lowest BCUT2D eigenvalue weighted by molar-refractivity contribution is 0.0734. The van der Waals surface area contributed by atoms with Gasteiger partial charge in [0.15, 0.2) is 6.10 Å². The van der Waals surface area contributed by atoms with Gasteiger partial charge in [-0.1, -0.05) is 12.1 Å². The molecule has 0 bridgehead atoms. The molecule has 2 aliphatic rings. The predicted octanol–water partition coefficient (Wildman–Crippen LogP) is 2.14. The van der Waals surface area contributed by atoms with Crippen LogP contribution in [0.3, 0.4) is 0 Å². The van der Waals surface area contributed by atoms with Crippen molar-refractivity contribution in [3.63, 3.8) is 0 Å². The van der Waals surface area contributed by atoms with Gasteiger partial charge < -0.3 is 14.6 Å². The van der Waals surface area contributed by atoms with Crippen LogP contribution in [0.25, 0.3) is 11.1 Å². The van der Waals surface area contributed by atoms with Crippen LogP contribution in [0.2, 0.25) is 0 Å². The Kier molecular flexibility index (Phi) is 3.20. The van der Waals surface area contributed by atoms with Crippen LogP contribution < -0.4 is 9.64 Å². The molecule has 6 heteroatoms. The molecule has 2 aliphatic heterocycles. The quantitative estimate of drug-likeness (QED) is 0.920. The summed E-state index contributed by atoms with van der Waals surface area (Å²) in [4.78, 5) is 17.9. The van der Waals surface area contributed by atoms with Crippen LogP contribution in [-0.2, 0) is 4.74 Å². The molecule has 23 heavy (non-hydrogen) atoms. The Bertz CT molecular complexity index is 760. The zero-order valence-corrected chi connectivity index (χ0v) is 12.6. The summed E-state index contributed by atoms with van der Waals surface area (Å²) in [6.07, 6.45) is 0.828. The number of cyclic esters (lactones) is 1. The fourth-order valence-corrected chi connectivity index (χ4v) is 3.01. The number of carbonyl (C=O) groups excluding carboxylic acids is 1. The van der Waals surface area contributed by atoms with Crippen molar-refractivity contribution in [3.05, 3.63) is 42.2 Å². The molecule has 118 valence electrons. The first kappa shape index (κ1) is 14.0. The smallest absolute Gasteiger partial charge is 0.415 e. The summed E-state index contributed by atoms with van der Waals surface area (Å²) in [5, 5.41) is 9.32. The standard InChI is InChI=1S/C17H16N2O4/c1-10-2-3-12(7-18-10)11-4-5-13-15(6-11)22-9-14-16(8-20)23-17(21)19(13)14/h2-7,14,16,20H,8-9H2,1H3. The molecule has 0 saturated carbocycles. The number of aliphatic hydroxyl groups excluding tert-OH is 1. The number of anilines is 1. The van der Waals surface area contributed by atoms with Crippen molar-refractivity contribution in [2.75, 3.05) is 18.1 Å². The highest BCUT2D eigenvalue weighted by molar-refractivity contribution is 5.94. The van der Waals surface area contributed by atoms with Crippen molar-refractivity contribution in [2.24, 2.45) is 0 Å². The number of aromatic nitrogens is 1. The van der Waals surface area contributed by atoms with E-state index in [1.807, 2.05) is 43.5 Å². The van der Waals surface area contributed by atoms with E-state index in [9.17, 15) is 9.90 Å². The second-order valence-corrected chi connectivity index (χ2v) is 5.72. The number of nitrogens with zero attached hydrogens (tertiary/aromatic N) is 2. The molecular weight excluding hydrogens is 296 g/mol. The number of pyridine rings is 1. The van der Waals surface area contributed by atoms with Crippen LogP contribution in [0.5, 0.6) is 5.75 Å². The molecule has 4 rings (SSSR count). The number of aryl methyl sites for hydroxylation is 1. The van der Waals surface area contributed by atoms with Gasteiger partial charge in [-0.25, -0.2) is 4.79 Å². The summed E-state index contributed by atoms with van der Waals surface area (Å²) >= 11 is 0. The summed E-state index contributed by atoms with van der Waals surface area (Å²) in [6.45, 7) is 2.04. The molecular formula is C17H16N2O4. The maximum Gasteiger partial charge on any atom is 0.415 e. The Morgan fingerprint density at radius 3 is 2.87 bits per heavy atom. The lowest BCUT2D eigenvalue weighted by atomic mass is 10.0. The van der Waals surface area contributed by atoms with Crippen LogP contribution in [0, 0.1) is 6.92 Å². The van der Waals surface area contributed by atoms with Crippen LogP contribution in [0.15, 0.2) is 36.5 Å². The maximum absolute atomic E-state index is 12.1. The number of fused-ring (bicyclic) bond motifs is 3. The largest absolute Gasteiger partial charge is 0.489 e. The molecule has 2 aromatic rings. The molecule has 2 atom stereocenters. The summed E-state index contributed by atoms with van der Waals surface area (Å²) in [5.41, 5.74) is 3.59. The second-order valence-electron chi connectivity index (χ2n) is 5.72. The molecule has 1 fully saturated rings. The van der Waals surface area contributed by atoms with Crippen LogP contribution in [0.1, 0.15) is 5.69 Å². The first-order valence-corrected chi connectivity index (χ1v) is 7.48. The average molecular weight is 312 g/mol. The summed E-state index contributed by atoms with van der Waals surface area (Å²) < 4.78 is 11.0. The monoisotopic (exact) mass is 312 g/mol. The molecule has 6 nitrogen and oxygen atoms in total. The van der Waals surface area contributed by atoms with E-state index in [1.54, 1.807) is 4.90 Å². The van der Waals surface area contributed by atoms with Crippen molar-refractivity contribution in [2.45, 2.75) is 19.1 Å². The summed E-state index contributed by atoms with van der Waals surface area (Å²) in [7, 11) is 0. The molecule has 0 aliphatic carbocycles. The van der Waals surface area contributed by atoms with Gasteiger partial charge in [-0.3, -0.25) is 9.88 Å². The minimum absolute atomic E-state index is 0.210. The van der Waals surface area contributed by atoms with Gasteiger partial charge in [0.05, 0.1) is 12.3 Å². The van der Waals surface area contributed by atoms with Gasteiger partial charge in [-0.15, -0.1) is 0 Å². The van der Waals surface area contributed by atoms with Gasteiger partial charge in [0.25, 0.3) is 0 Å².